The third kappa shape index (κ3) is 1.54. The predicted molar refractivity (Wildman–Crippen MR) is 46.9 cm³/mol. The van der Waals surface area contributed by atoms with Crippen LogP contribution in [0.4, 0.5) is 0 Å². The van der Waals surface area contributed by atoms with Gasteiger partial charge < -0.3 is 5.11 Å². The van der Waals surface area contributed by atoms with E-state index >= 15 is 0 Å². The van der Waals surface area contributed by atoms with E-state index in [4.69, 9.17) is 5.11 Å². The molecule has 2 heterocycles. The molecule has 72 valence electrons. The minimum atomic E-state index is -0.947. The summed E-state index contributed by atoms with van der Waals surface area (Å²) in [4.78, 5) is 18.4. The Kier molecular flexibility index (Phi) is 1.88. The van der Waals surface area contributed by atoms with Crippen LogP contribution in [0, 0.1) is 6.92 Å². The monoisotopic (exact) mass is 192 g/mol. The zero-order valence-corrected chi connectivity index (χ0v) is 7.51. The number of aromatic nitrogens is 4. The van der Waals surface area contributed by atoms with Crippen molar-refractivity contribution in [3.63, 3.8) is 0 Å². The average molecular weight is 192 g/mol. The van der Waals surface area contributed by atoms with E-state index in [2.05, 4.69) is 15.1 Å². The lowest BCUT2D eigenvalue weighted by Gasteiger charge is -1.90. The number of hydrogen-bond acceptors (Lipinski definition) is 4. The van der Waals surface area contributed by atoms with E-state index in [-0.39, 0.29) is 12.2 Å². The van der Waals surface area contributed by atoms with Gasteiger partial charge in [-0.2, -0.15) is 4.98 Å². The Morgan fingerprint density at radius 2 is 2.43 bits per heavy atom. The first-order valence-corrected chi connectivity index (χ1v) is 4.05. The summed E-state index contributed by atoms with van der Waals surface area (Å²) in [6.07, 6.45) is 3.23. The van der Waals surface area contributed by atoms with Crippen LogP contribution in [0.1, 0.15) is 11.4 Å². The van der Waals surface area contributed by atoms with Gasteiger partial charge in [-0.1, -0.05) is 0 Å². The minimum Gasteiger partial charge on any atom is -0.481 e. The first-order chi connectivity index (χ1) is 6.65. The predicted octanol–water partition coefficient (Wildman–Crippen LogP) is 0.0598. The number of carboxylic acid groups (broad SMARTS) is 1. The number of fused-ring (bicyclic) bond motifs is 1. The molecule has 0 aliphatic heterocycles. The molecule has 0 saturated heterocycles. The van der Waals surface area contributed by atoms with Crippen molar-refractivity contribution < 1.29 is 9.90 Å². The second-order valence-corrected chi connectivity index (χ2v) is 2.97. The maximum Gasteiger partial charge on any atom is 0.311 e. The molecule has 14 heavy (non-hydrogen) atoms. The molecule has 1 N–H and O–H groups in total. The number of hydrogen-bond donors (Lipinski definition) is 1. The van der Waals surface area contributed by atoms with Crippen molar-refractivity contribution in [3.05, 3.63) is 23.8 Å². The van der Waals surface area contributed by atoms with Crippen molar-refractivity contribution in [2.24, 2.45) is 0 Å². The van der Waals surface area contributed by atoms with Crippen LogP contribution >= 0.6 is 0 Å². The van der Waals surface area contributed by atoms with E-state index in [1.54, 1.807) is 12.4 Å². The molecule has 6 nitrogen and oxygen atoms in total. The molecular formula is C8H8N4O2. The summed E-state index contributed by atoms with van der Waals surface area (Å²) in [5.41, 5.74) is 0.948. The summed E-state index contributed by atoms with van der Waals surface area (Å²) >= 11 is 0. The molecular weight excluding hydrogens is 184 g/mol. The molecule has 0 aliphatic carbocycles. The third-order valence-electron chi connectivity index (χ3n) is 1.68. The zero-order chi connectivity index (χ0) is 10.1. The second kappa shape index (κ2) is 3.06. The van der Waals surface area contributed by atoms with Crippen LogP contribution in [0.5, 0.6) is 0 Å². The summed E-state index contributed by atoms with van der Waals surface area (Å²) in [6, 6.07) is 0. The van der Waals surface area contributed by atoms with Gasteiger partial charge in [-0.25, -0.2) is 9.50 Å². The summed E-state index contributed by atoms with van der Waals surface area (Å²) in [7, 11) is 0. The SMILES string of the molecule is Cc1cnc2nc(CC(=O)O)nn2c1. The van der Waals surface area contributed by atoms with Crippen molar-refractivity contribution >= 4 is 11.7 Å². The third-order valence-corrected chi connectivity index (χ3v) is 1.68. The lowest BCUT2D eigenvalue weighted by atomic mass is 10.4. The van der Waals surface area contributed by atoms with Crippen LogP contribution in [0.25, 0.3) is 5.78 Å². The van der Waals surface area contributed by atoms with Gasteiger partial charge in [-0.05, 0) is 12.5 Å². The van der Waals surface area contributed by atoms with Crippen molar-refractivity contribution in [3.8, 4) is 0 Å². The highest BCUT2D eigenvalue weighted by atomic mass is 16.4. The fourth-order valence-corrected chi connectivity index (χ4v) is 1.13. The molecule has 0 unspecified atom stereocenters. The summed E-state index contributed by atoms with van der Waals surface area (Å²) in [5, 5.41) is 12.5. The van der Waals surface area contributed by atoms with Crippen molar-refractivity contribution in [1.82, 2.24) is 19.6 Å². The fourth-order valence-electron chi connectivity index (χ4n) is 1.13. The van der Waals surface area contributed by atoms with E-state index in [1.165, 1.54) is 4.52 Å². The van der Waals surface area contributed by atoms with Gasteiger partial charge in [-0.15, -0.1) is 5.10 Å². The molecule has 2 rings (SSSR count). The summed E-state index contributed by atoms with van der Waals surface area (Å²) in [5.74, 6) is -0.250. The van der Waals surface area contributed by atoms with Gasteiger partial charge in [-0.3, -0.25) is 4.79 Å². The van der Waals surface area contributed by atoms with Crippen LogP contribution in [-0.2, 0) is 11.2 Å². The average Bonchev–Trinajstić information content (AvgIpc) is 2.44. The van der Waals surface area contributed by atoms with Crippen molar-refractivity contribution in [1.29, 1.82) is 0 Å². The molecule has 0 saturated carbocycles. The largest absolute Gasteiger partial charge is 0.481 e. The highest BCUT2D eigenvalue weighted by molar-refractivity contribution is 5.69. The van der Waals surface area contributed by atoms with E-state index < -0.39 is 5.97 Å². The molecule has 0 fully saturated rings. The van der Waals surface area contributed by atoms with Crippen LogP contribution in [0.3, 0.4) is 0 Å². The maximum atomic E-state index is 10.4. The maximum absolute atomic E-state index is 10.4. The van der Waals surface area contributed by atoms with Crippen LogP contribution in [0.15, 0.2) is 12.4 Å². The van der Waals surface area contributed by atoms with Gasteiger partial charge >= 0.3 is 5.97 Å². The Hall–Kier alpha value is -1.98. The molecule has 0 bridgehead atoms. The van der Waals surface area contributed by atoms with Crippen LogP contribution in [0.2, 0.25) is 0 Å². The number of carboxylic acids is 1. The Morgan fingerprint density at radius 3 is 3.14 bits per heavy atom. The van der Waals surface area contributed by atoms with Crippen LogP contribution in [-0.4, -0.2) is 30.7 Å². The molecule has 2 aromatic heterocycles. The topological polar surface area (TPSA) is 80.4 Å². The number of aryl methyl sites for hydroxylation is 1. The molecule has 0 amide bonds. The van der Waals surface area contributed by atoms with Gasteiger partial charge in [0.1, 0.15) is 6.42 Å². The summed E-state index contributed by atoms with van der Waals surface area (Å²) < 4.78 is 1.48. The van der Waals surface area contributed by atoms with Crippen molar-refractivity contribution in [2.45, 2.75) is 13.3 Å². The Labute approximate surface area is 79.2 Å². The number of aliphatic carboxylic acids is 1. The quantitative estimate of drug-likeness (QED) is 0.727. The molecule has 0 radical (unpaired) electrons. The highest BCUT2D eigenvalue weighted by Gasteiger charge is 2.07. The molecule has 0 aromatic carbocycles. The van der Waals surface area contributed by atoms with Gasteiger partial charge in [0.05, 0.1) is 0 Å². The van der Waals surface area contributed by atoms with Crippen LogP contribution < -0.4 is 0 Å². The van der Waals surface area contributed by atoms with E-state index in [0.29, 0.717) is 5.78 Å². The lowest BCUT2D eigenvalue weighted by Crippen LogP contribution is -2.01. The molecule has 2 aromatic rings. The van der Waals surface area contributed by atoms with Gasteiger partial charge in [0.15, 0.2) is 5.82 Å². The van der Waals surface area contributed by atoms with E-state index in [1.807, 2.05) is 6.92 Å². The van der Waals surface area contributed by atoms with E-state index in [0.717, 1.165) is 5.56 Å². The zero-order valence-electron chi connectivity index (χ0n) is 7.51. The molecule has 0 aliphatic rings. The molecule has 0 atom stereocenters. The molecule has 0 spiro atoms. The lowest BCUT2D eigenvalue weighted by molar-refractivity contribution is -0.136. The normalized spacial score (nSPS) is 10.6. The smallest absolute Gasteiger partial charge is 0.311 e. The number of carbonyl (C=O) groups is 1. The van der Waals surface area contributed by atoms with Gasteiger partial charge in [0.2, 0.25) is 0 Å². The van der Waals surface area contributed by atoms with Crippen molar-refractivity contribution in [2.75, 3.05) is 0 Å². The number of rotatable bonds is 2. The Balaban J connectivity index is 2.46. The first kappa shape index (κ1) is 8.61. The number of nitrogens with zero attached hydrogens (tertiary/aromatic N) is 4. The minimum absolute atomic E-state index is 0.178. The van der Waals surface area contributed by atoms with Gasteiger partial charge in [0.25, 0.3) is 5.78 Å². The molecule has 6 heteroatoms. The second-order valence-electron chi connectivity index (χ2n) is 2.97. The van der Waals surface area contributed by atoms with E-state index in [9.17, 15) is 4.79 Å². The van der Waals surface area contributed by atoms with Gasteiger partial charge in [0, 0.05) is 12.4 Å². The fraction of sp³-hybridized carbons (Fsp3) is 0.250. The standard InChI is InChI=1S/C8H8N4O2/c1-5-3-9-8-10-6(2-7(13)14)11-12(8)4-5/h3-4H,2H2,1H3,(H,13,14). The highest BCUT2D eigenvalue weighted by Crippen LogP contribution is 2.00. The Bertz CT molecular complexity index is 491. The Morgan fingerprint density at radius 1 is 1.64 bits per heavy atom. The first-order valence-electron chi connectivity index (χ1n) is 4.05. The summed E-state index contributed by atoms with van der Waals surface area (Å²) in [6.45, 7) is 1.88.